The van der Waals surface area contributed by atoms with Gasteiger partial charge in [-0.05, 0) is 30.7 Å². The lowest BCUT2D eigenvalue weighted by atomic mass is 10.1. The van der Waals surface area contributed by atoms with Crippen LogP contribution in [0, 0.1) is 11.6 Å². The molecule has 5 nitrogen and oxygen atoms in total. The van der Waals surface area contributed by atoms with Gasteiger partial charge in [0.15, 0.2) is 17.3 Å². The molecule has 2 aromatic carbocycles. The molecule has 0 radical (unpaired) electrons. The Labute approximate surface area is 135 Å². The number of hydrogen-bond acceptors (Lipinski definition) is 3. The van der Waals surface area contributed by atoms with Crippen LogP contribution in [0.1, 0.15) is 29.0 Å². The van der Waals surface area contributed by atoms with Crippen molar-refractivity contribution in [1.29, 1.82) is 0 Å². The molecule has 0 aliphatic rings. The summed E-state index contributed by atoms with van der Waals surface area (Å²) in [5.41, 5.74) is 0.0754. The van der Waals surface area contributed by atoms with Crippen LogP contribution in [0.5, 0.6) is 0 Å². The van der Waals surface area contributed by atoms with E-state index in [0.717, 1.165) is 12.1 Å². The quantitative estimate of drug-likeness (QED) is 0.776. The number of aromatic nitrogens is 2. The first kappa shape index (κ1) is 15.8. The molecule has 122 valence electrons. The van der Waals surface area contributed by atoms with Crippen molar-refractivity contribution in [1.82, 2.24) is 15.5 Å². The molecule has 1 unspecified atom stereocenters. The van der Waals surface area contributed by atoms with E-state index in [9.17, 15) is 18.4 Å². The third kappa shape index (κ3) is 2.88. The van der Waals surface area contributed by atoms with Gasteiger partial charge in [-0.2, -0.15) is 5.10 Å². The van der Waals surface area contributed by atoms with Gasteiger partial charge in [0.2, 0.25) is 0 Å². The summed E-state index contributed by atoms with van der Waals surface area (Å²) in [4.78, 5) is 24.2. The summed E-state index contributed by atoms with van der Waals surface area (Å²) < 4.78 is 26.3. The minimum Gasteiger partial charge on any atom is -0.344 e. The van der Waals surface area contributed by atoms with Gasteiger partial charge >= 0.3 is 0 Å². The van der Waals surface area contributed by atoms with E-state index in [1.54, 1.807) is 31.2 Å². The van der Waals surface area contributed by atoms with Crippen LogP contribution in [0.25, 0.3) is 10.8 Å². The molecule has 0 saturated heterocycles. The molecule has 0 bridgehead atoms. The highest BCUT2D eigenvalue weighted by atomic mass is 19.2. The number of carbonyl (C=O) groups is 1. The molecular weight excluding hydrogens is 316 g/mol. The van der Waals surface area contributed by atoms with E-state index in [4.69, 9.17) is 0 Å². The van der Waals surface area contributed by atoms with E-state index in [1.807, 2.05) is 0 Å². The van der Waals surface area contributed by atoms with Crippen LogP contribution in [-0.2, 0) is 0 Å². The van der Waals surface area contributed by atoms with Gasteiger partial charge in [0, 0.05) is 5.39 Å². The first-order chi connectivity index (χ1) is 11.5. The number of H-pyrrole nitrogens is 1. The zero-order valence-electron chi connectivity index (χ0n) is 12.6. The summed E-state index contributed by atoms with van der Waals surface area (Å²) in [6.07, 6.45) is 0. The number of fused-ring (bicyclic) bond motifs is 1. The second-order valence-corrected chi connectivity index (χ2v) is 5.32. The van der Waals surface area contributed by atoms with E-state index < -0.39 is 29.1 Å². The minimum absolute atomic E-state index is 0.0552. The number of nitrogens with one attached hydrogen (secondary N) is 2. The van der Waals surface area contributed by atoms with Crippen LogP contribution >= 0.6 is 0 Å². The summed E-state index contributed by atoms with van der Waals surface area (Å²) in [6, 6.07) is 9.43. The highest BCUT2D eigenvalue weighted by Gasteiger charge is 2.17. The Hall–Kier alpha value is -3.09. The largest absolute Gasteiger partial charge is 0.344 e. The number of aromatic amines is 1. The molecule has 0 aliphatic carbocycles. The second-order valence-electron chi connectivity index (χ2n) is 5.32. The van der Waals surface area contributed by atoms with Gasteiger partial charge in [-0.25, -0.2) is 13.9 Å². The molecule has 3 rings (SSSR count). The van der Waals surface area contributed by atoms with Gasteiger partial charge in [0.05, 0.1) is 11.4 Å². The average Bonchev–Trinajstić information content (AvgIpc) is 2.57. The van der Waals surface area contributed by atoms with Crippen LogP contribution in [-0.4, -0.2) is 16.1 Å². The smallest absolute Gasteiger partial charge is 0.272 e. The molecule has 7 heteroatoms. The third-order valence-corrected chi connectivity index (χ3v) is 3.70. The zero-order valence-corrected chi connectivity index (χ0v) is 12.6. The standard InChI is InChI=1S/C17H13F2N3O2/c1-9(10-6-7-13(18)14(19)8-10)20-17(24)15-11-4-2-3-5-12(11)16(23)22-21-15/h2-9H,1H3,(H,20,24)(H,22,23). The molecule has 1 aromatic heterocycles. The lowest BCUT2D eigenvalue weighted by Crippen LogP contribution is -2.29. The Morgan fingerprint density at radius 1 is 1.12 bits per heavy atom. The van der Waals surface area contributed by atoms with E-state index in [1.165, 1.54) is 6.07 Å². The van der Waals surface area contributed by atoms with Crippen LogP contribution in [0.3, 0.4) is 0 Å². The van der Waals surface area contributed by atoms with Crippen LogP contribution in [0.2, 0.25) is 0 Å². The van der Waals surface area contributed by atoms with Gasteiger partial charge in [-0.15, -0.1) is 0 Å². The van der Waals surface area contributed by atoms with Crippen molar-refractivity contribution in [2.24, 2.45) is 0 Å². The predicted molar refractivity (Wildman–Crippen MR) is 84.6 cm³/mol. The van der Waals surface area contributed by atoms with Gasteiger partial charge in [0.1, 0.15) is 0 Å². The SMILES string of the molecule is CC(NC(=O)c1n[nH]c(=O)c2ccccc12)c1ccc(F)c(F)c1. The van der Waals surface area contributed by atoms with Crippen molar-refractivity contribution in [3.63, 3.8) is 0 Å². The Kier molecular flexibility index (Phi) is 4.07. The molecule has 24 heavy (non-hydrogen) atoms. The lowest BCUT2D eigenvalue weighted by molar-refractivity contribution is 0.0935. The number of rotatable bonds is 3. The summed E-state index contributed by atoms with van der Waals surface area (Å²) in [6.45, 7) is 1.64. The molecule has 1 amide bonds. The van der Waals surface area contributed by atoms with E-state index in [0.29, 0.717) is 16.3 Å². The van der Waals surface area contributed by atoms with Crippen LogP contribution in [0.4, 0.5) is 8.78 Å². The number of nitrogens with zero attached hydrogens (tertiary/aromatic N) is 1. The van der Waals surface area contributed by atoms with Gasteiger partial charge in [-0.3, -0.25) is 9.59 Å². The van der Waals surface area contributed by atoms with Crippen molar-refractivity contribution in [2.45, 2.75) is 13.0 Å². The normalized spacial score (nSPS) is 12.1. The highest BCUT2D eigenvalue weighted by molar-refractivity contribution is 6.04. The highest BCUT2D eigenvalue weighted by Crippen LogP contribution is 2.18. The van der Waals surface area contributed by atoms with Gasteiger partial charge in [0.25, 0.3) is 11.5 Å². The summed E-state index contributed by atoms with van der Waals surface area (Å²) >= 11 is 0. The van der Waals surface area contributed by atoms with Gasteiger partial charge in [-0.1, -0.05) is 24.3 Å². The maximum absolute atomic E-state index is 13.3. The van der Waals surface area contributed by atoms with Crippen molar-refractivity contribution in [3.05, 3.63) is 75.7 Å². The van der Waals surface area contributed by atoms with Crippen LogP contribution < -0.4 is 10.9 Å². The average molecular weight is 329 g/mol. The number of hydrogen-bond donors (Lipinski definition) is 2. The van der Waals surface area contributed by atoms with Gasteiger partial charge < -0.3 is 5.32 Å². The van der Waals surface area contributed by atoms with Crippen molar-refractivity contribution >= 4 is 16.7 Å². The molecular formula is C17H13F2N3O2. The molecule has 0 aliphatic heterocycles. The Morgan fingerprint density at radius 2 is 1.83 bits per heavy atom. The lowest BCUT2D eigenvalue weighted by Gasteiger charge is -2.14. The molecule has 1 atom stereocenters. The van der Waals surface area contributed by atoms with E-state index >= 15 is 0 Å². The van der Waals surface area contributed by atoms with E-state index in [2.05, 4.69) is 15.5 Å². The Balaban J connectivity index is 1.91. The topological polar surface area (TPSA) is 74.8 Å². The molecule has 2 N–H and O–H groups in total. The van der Waals surface area contributed by atoms with Crippen molar-refractivity contribution in [2.75, 3.05) is 0 Å². The molecule has 0 spiro atoms. The second kappa shape index (κ2) is 6.19. The molecule has 0 saturated carbocycles. The number of amides is 1. The number of carbonyl (C=O) groups excluding carboxylic acids is 1. The number of halogens is 2. The maximum Gasteiger partial charge on any atom is 0.272 e. The minimum atomic E-state index is -0.985. The Bertz CT molecular complexity index is 985. The zero-order chi connectivity index (χ0) is 17.3. The molecule has 0 fully saturated rings. The summed E-state index contributed by atoms with van der Waals surface area (Å²) in [5, 5.41) is 9.50. The predicted octanol–water partition coefficient (Wildman–Crippen LogP) is 2.69. The van der Waals surface area contributed by atoms with Crippen LogP contribution in [0.15, 0.2) is 47.3 Å². The van der Waals surface area contributed by atoms with E-state index in [-0.39, 0.29) is 5.69 Å². The van der Waals surface area contributed by atoms with Crippen molar-refractivity contribution in [3.8, 4) is 0 Å². The summed E-state index contributed by atoms with van der Waals surface area (Å²) in [5.74, 6) is -2.47. The summed E-state index contributed by atoms with van der Waals surface area (Å²) in [7, 11) is 0. The first-order valence-corrected chi connectivity index (χ1v) is 7.20. The monoisotopic (exact) mass is 329 g/mol. The third-order valence-electron chi connectivity index (χ3n) is 3.70. The molecule has 1 heterocycles. The first-order valence-electron chi connectivity index (χ1n) is 7.20. The van der Waals surface area contributed by atoms with Crippen molar-refractivity contribution < 1.29 is 13.6 Å². The fraction of sp³-hybridized carbons (Fsp3) is 0.118. The number of benzene rings is 2. The maximum atomic E-state index is 13.3. The fourth-order valence-corrected chi connectivity index (χ4v) is 2.42. The fourth-order valence-electron chi connectivity index (χ4n) is 2.42. The Morgan fingerprint density at radius 3 is 2.54 bits per heavy atom. The molecule has 3 aromatic rings.